The average Bonchev–Trinajstić information content (AvgIpc) is 3.23. The summed E-state index contributed by atoms with van der Waals surface area (Å²) in [7, 11) is -1.69. The Morgan fingerprint density at radius 1 is 0.476 bits per heavy atom. The molecule has 63 heavy (non-hydrogen) atoms. The summed E-state index contributed by atoms with van der Waals surface area (Å²) in [6.45, 7) is 16.4. The Bertz CT molecular complexity index is 2360. The molecule has 1 saturated heterocycles. The van der Waals surface area contributed by atoms with Crippen molar-refractivity contribution in [2.45, 2.75) is 86.1 Å². The molecule has 1 heterocycles. The van der Waals surface area contributed by atoms with Crippen LogP contribution >= 0.6 is 16.3 Å². The minimum atomic E-state index is -1.61. The molecule has 0 spiro atoms. The summed E-state index contributed by atoms with van der Waals surface area (Å²) in [4.78, 5) is 27.9. The van der Waals surface area contributed by atoms with E-state index in [0.717, 1.165) is 65.7 Å². The van der Waals surface area contributed by atoms with E-state index in [-0.39, 0.29) is 6.61 Å². The molecule has 0 aliphatic carbocycles. The lowest BCUT2D eigenvalue weighted by molar-refractivity contribution is -0.283. The van der Waals surface area contributed by atoms with Gasteiger partial charge in [-0.15, -0.1) is 0 Å². The second kappa shape index (κ2) is 20.6. The fraction of sp³-hybridized carbons (Fsp3) is 0.283. The first kappa shape index (κ1) is 46.0. The van der Waals surface area contributed by atoms with Gasteiger partial charge in [-0.2, -0.15) is 0 Å². The molecule has 0 radical (unpaired) electrons. The van der Waals surface area contributed by atoms with Gasteiger partial charge in [0.2, 0.25) is 0 Å². The smallest absolute Gasteiger partial charge is 0.338 e. The van der Waals surface area contributed by atoms with Gasteiger partial charge in [0.05, 0.1) is 27.4 Å². The lowest BCUT2D eigenvalue weighted by Crippen LogP contribution is -2.62. The molecule has 0 unspecified atom stereocenters. The number of carbonyl (C=O) groups is 2. The van der Waals surface area contributed by atoms with Gasteiger partial charge < -0.3 is 28.0 Å². The van der Waals surface area contributed by atoms with E-state index >= 15 is 0 Å². The number of hydrogen-bond donors (Lipinski definition) is 0. The zero-order valence-corrected chi connectivity index (χ0v) is 39.2. The highest BCUT2D eigenvalue weighted by atomic mass is 31.1. The SMILES string of the molecule is CO[C@H]1O[C@H](COC(=O)c2ccccc2)[C@@H](OP(c2cc(C)cc(C)c2)c2cc(C)cc(C)c2)[C@H](OP(c2cc(C)cc(C)c2)c2cc(C)cc(C)c2)[C@H]1OC(=O)c1ccccc1. The van der Waals surface area contributed by atoms with Crippen LogP contribution in [0.4, 0.5) is 0 Å². The quantitative estimate of drug-likeness (QED) is 0.0790. The third-order valence-corrected chi connectivity index (χ3v) is 14.5. The molecule has 1 fully saturated rings. The number of carbonyl (C=O) groups excluding carboxylic acids is 2. The monoisotopic (exact) mass is 882 g/mol. The fourth-order valence-corrected chi connectivity index (χ4v) is 12.8. The highest BCUT2D eigenvalue weighted by Gasteiger charge is 2.53. The van der Waals surface area contributed by atoms with Crippen molar-refractivity contribution < 1.29 is 37.6 Å². The van der Waals surface area contributed by atoms with E-state index in [2.05, 4.69) is 128 Å². The average molecular weight is 883 g/mol. The van der Waals surface area contributed by atoms with Crippen molar-refractivity contribution in [3.05, 3.63) is 189 Å². The van der Waals surface area contributed by atoms with E-state index in [4.69, 9.17) is 28.0 Å². The first-order valence-corrected chi connectivity index (χ1v) is 23.7. The standard InChI is InChI=1S/C53H56O8P2/c1-33-20-34(2)25-43(24-33)62(44-26-35(3)21-36(4)27-44)60-48-47(32-57-51(54)41-16-12-10-13-17-41)58-53(56-9)50(59-52(55)42-18-14-11-15-19-42)49(48)61-63(45-28-37(5)22-38(6)29-45)46-30-39(7)23-40(8)31-46/h10-31,47-50,53H,32H2,1-9H3/t47-,48-,49+,50-,53+/m1/s1. The maximum atomic E-state index is 14.2. The Kier molecular flexibility index (Phi) is 15.1. The third-order valence-electron chi connectivity index (χ3n) is 10.7. The number of methoxy groups -OCH3 is 1. The van der Waals surface area contributed by atoms with Crippen molar-refractivity contribution >= 4 is 49.5 Å². The molecule has 5 atom stereocenters. The molecule has 7 rings (SSSR count). The van der Waals surface area contributed by atoms with Crippen LogP contribution < -0.4 is 21.2 Å². The fourth-order valence-electron chi connectivity index (χ4n) is 8.21. The molecular weight excluding hydrogens is 827 g/mol. The number of hydrogen-bond acceptors (Lipinski definition) is 8. The van der Waals surface area contributed by atoms with Crippen LogP contribution in [0.2, 0.25) is 0 Å². The zero-order chi connectivity index (χ0) is 44.8. The maximum Gasteiger partial charge on any atom is 0.338 e. The van der Waals surface area contributed by atoms with Gasteiger partial charge in [0.25, 0.3) is 0 Å². The van der Waals surface area contributed by atoms with Crippen LogP contribution in [0.15, 0.2) is 133 Å². The van der Waals surface area contributed by atoms with Crippen molar-refractivity contribution in [2.75, 3.05) is 13.7 Å². The molecule has 6 aromatic carbocycles. The highest BCUT2D eigenvalue weighted by molar-refractivity contribution is 7.69. The van der Waals surface area contributed by atoms with Gasteiger partial charge in [0.15, 0.2) is 12.4 Å². The predicted octanol–water partition coefficient (Wildman–Crippen LogP) is 9.77. The molecule has 326 valence electrons. The van der Waals surface area contributed by atoms with Crippen molar-refractivity contribution in [2.24, 2.45) is 0 Å². The summed E-state index contributed by atoms with van der Waals surface area (Å²) in [6, 6.07) is 43.5. The molecule has 1 aliphatic heterocycles. The Morgan fingerprint density at radius 2 is 0.825 bits per heavy atom. The van der Waals surface area contributed by atoms with Gasteiger partial charge in [-0.3, -0.25) is 0 Å². The molecule has 0 amide bonds. The number of ether oxygens (including phenoxy) is 4. The van der Waals surface area contributed by atoms with Crippen LogP contribution in [0.25, 0.3) is 0 Å². The van der Waals surface area contributed by atoms with Crippen LogP contribution in [0.1, 0.15) is 65.2 Å². The Hall–Kier alpha value is -5.04. The Morgan fingerprint density at radius 3 is 1.19 bits per heavy atom. The minimum Gasteiger partial charge on any atom is -0.459 e. The van der Waals surface area contributed by atoms with Gasteiger partial charge in [-0.1, -0.05) is 105 Å². The number of benzene rings is 6. The van der Waals surface area contributed by atoms with Gasteiger partial charge in [0, 0.05) is 28.3 Å². The van der Waals surface area contributed by atoms with Gasteiger partial charge >= 0.3 is 11.9 Å². The molecule has 10 heteroatoms. The van der Waals surface area contributed by atoms with Crippen LogP contribution in [-0.2, 0) is 28.0 Å². The van der Waals surface area contributed by atoms with E-state index in [9.17, 15) is 9.59 Å². The summed E-state index contributed by atoms with van der Waals surface area (Å²) in [5.41, 5.74) is 9.48. The summed E-state index contributed by atoms with van der Waals surface area (Å²) in [5, 5.41) is 3.95. The van der Waals surface area contributed by atoms with Gasteiger partial charge in [0.1, 0.15) is 24.9 Å². The summed E-state index contributed by atoms with van der Waals surface area (Å²) in [5.74, 6) is -1.08. The molecule has 0 saturated carbocycles. The Labute approximate surface area is 374 Å². The highest BCUT2D eigenvalue weighted by Crippen LogP contribution is 2.47. The molecule has 6 aromatic rings. The van der Waals surface area contributed by atoms with E-state index in [1.165, 1.54) is 7.11 Å². The van der Waals surface area contributed by atoms with Crippen LogP contribution in [0.3, 0.4) is 0 Å². The minimum absolute atomic E-state index is 0.203. The third kappa shape index (κ3) is 11.6. The number of esters is 2. The molecule has 0 N–H and O–H groups in total. The van der Waals surface area contributed by atoms with Gasteiger partial charge in [-0.25, -0.2) is 9.59 Å². The van der Waals surface area contributed by atoms with Crippen LogP contribution in [-0.4, -0.2) is 56.4 Å². The summed E-state index contributed by atoms with van der Waals surface area (Å²) < 4.78 is 40.7. The molecule has 8 nitrogen and oxygen atoms in total. The molecule has 1 aliphatic rings. The van der Waals surface area contributed by atoms with E-state index in [0.29, 0.717) is 11.1 Å². The second-order valence-electron chi connectivity index (χ2n) is 16.6. The zero-order valence-electron chi connectivity index (χ0n) is 37.5. The van der Waals surface area contributed by atoms with E-state index in [1.54, 1.807) is 48.5 Å². The second-order valence-corrected chi connectivity index (χ2v) is 20.3. The van der Waals surface area contributed by atoms with Gasteiger partial charge in [-0.05, 0) is 128 Å². The first-order valence-electron chi connectivity index (χ1n) is 21.2. The lowest BCUT2D eigenvalue weighted by atomic mass is 9.99. The van der Waals surface area contributed by atoms with Crippen molar-refractivity contribution in [1.82, 2.24) is 0 Å². The van der Waals surface area contributed by atoms with Crippen molar-refractivity contribution in [3.8, 4) is 0 Å². The summed E-state index contributed by atoms with van der Waals surface area (Å²) >= 11 is 0. The van der Waals surface area contributed by atoms with Crippen LogP contribution in [0, 0.1) is 55.4 Å². The largest absolute Gasteiger partial charge is 0.459 e. The van der Waals surface area contributed by atoms with E-state index in [1.807, 2.05) is 12.1 Å². The van der Waals surface area contributed by atoms with Crippen molar-refractivity contribution in [1.29, 1.82) is 0 Å². The number of aryl methyl sites for hydroxylation is 8. The number of rotatable bonds is 14. The van der Waals surface area contributed by atoms with Crippen LogP contribution in [0.5, 0.6) is 0 Å². The predicted molar refractivity (Wildman–Crippen MR) is 254 cm³/mol. The molecule has 0 aromatic heterocycles. The molecule has 0 bridgehead atoms. The lowest BCUT2D eigenvalue weighted by Gasteiger charge is -2.46. The molecular formula is C53H56O8P2. The normalized spacial score (nSPS) is 18.7. The summed E-state index contributed by atoms with van der Waals surface area (Å²) in [6.07, 6.45) is -5.18. The van der Waals surface area contributed by atoms with E-state index < -0.39 is 58.9 Å². The first-order chi connectivity index (χ1) is 30.2. The Balaban J connectivity index is 1.43. The maximum absolute atomic E-state index is 14.2. The topological polar surface area (TPSA) is 89.5 Å². The van der Waals surface area contributed by atoms with Crippen molar-refractivity contribution in [3.63, 3.8) is 0 Å².